The molecular formula is C10H11ClFN3. The Morgan fingerprint density at radius 1 is 1.53 bits per heavy atom. The van der Waals surface area contributed by atoms with Gasteiger partial charge in [0.1, 0.15) is 5.82 Å². The number of benzene rings is 1. The molecule has 15 heavy (non-hydrogen) atoms. The van der Waals surface area contributed by atoms with E-state index in [-0.39, 0.29) is 5.02 Å². The lowest BCUT2D eigenvalue weighted by atomic mass is 10.2. The molecule has 2 N–H and O–H groups in total. The molecule has 3 nitrogen and oxygen atoms in total. The van der Waals surface area contributed by atoms with Crippen molar-refractivity contribution in [1.82, 2.24) is 10.6 Å². The summed E-state index contributed by atoms with van der Waals surface area (Å²) >= 11 is 5.58. The van der Waals surface area contributed by atoms with Crippen molar-refractivity contribution in [1.29, 1.82) is 0 Å². The maximum Gasteiger partial charge on any atom is 0.191 e. The molecule has 5 heteroatoms. The van der Waals surface area contributed by atoms with E-state index in [4.69, 9.17) is 11.6 Å². The van der Waals surface area contributed by atoms with Gasteiger partial charge in [-0.2, -0.15) is 0 Å². The molecule has 0 atom stereocenters. The maximum atomic E-state index is 13.1. The summed E-state index contributed by atoms with van der Waals surface area (Å²) in [5.74, 6) is 0.377. The van der Waals surface area contributed by atoms with Crippen LogP contribution >= 0.6 is 11.6 Å². The number of nitrogens with zero attached hydrogens (tertiary/aromatic N) is 1. The van der Waals surface area contributed by atoms with Crippen molar-refractivity contribution in [2.24, 2.45) is 4.99 Å². The summed E-state index contributed by atoms with van der Waals surface area (Å²) in [5, 5.41) is 6.29. The van der Waals surface area contributed by atoms with E-state index in [1.54, 1.807) is 12.1 Å². The van der Waals surface area contributed by atoms with Crippen LogP contribution in [0.15, 0.2) is 23.2 Å². The van der Waals surface area contributed by atoms with Gasteiger partial charge in [0.15, 0.2) is 5.96 Å². The predicted molar refractivity (Wildman–Crippen MR) is 58.6 cm³/mol. The van der Waals surface area contributed by atoms with Gasteiger partial charge < -0.3 is 10.6 Å². The van der Waals surface area contributed by atoms with Crippen molar-refractivity contribution in [2.75, 3.05) is 13.1 Å². The van der Waals surface area contributed by atoms with Gasteiger partial charge in [0.05, 0.1) is 11.6 Å². The van der Waals surface area contributed by atoms with Crippen molar-refractivity contribution >= 4 is 17.6 Å². The van der Waals surface area contributed by atoms with E-state index < -0.39 is 5.82 Å². The fourth-order valence-corrected chi connectivity index (χ4v) is 1.47. The SMILES string of the molecule is Fc1cc(CNC2=NCCN2)ccc1Cl. The molecule has 1 heterocycles. The molecule has 0 amide bonds. The number of nitrogens with one attached hydrogen (secondary N) is 2. The van der Waals surface area contributed by atoms with E-state index in [1.165, 1.54) is 6.07 Å². The Kier molecular flexibility index (Phi) is 3.06. The lowest BCUT2D eigenvalue weighted by Crippen LogP contribution is -2.33. The molecule has 0 radical (unpaired) electrons. The normalized spacial score (nSPS) is 14.7. The summed E-state index contributed by atoms with van der Waals surface area (Å²) in [6, 6.07) is 4.76. The third-order valence-corrected chi connectivity index (χ3v) is 2.42. The second kappa shape index (κ2) is 4.49. The molecule has 0 saturated carbocycles. The Labute approximate surface area is 92.3 Å². The summed E-state index contributed by atoms with van der Waals surface area (Å²) in [4.78, 5) is 4.17. The highest BCUT2D eigenvalue weighted by Crippen LogP contribution is 2.15. The summed E-state index contributed by atoms with van der Waals surface area (Å²) < 4.78 is 13.1. The molecule has 1 aliphatic heterocycles. The monoisotopic (exact) mass is 227 g/mol. The van der Waals surface area contributed by atoms with Crippen LogP contribution in [-0.2, 0) is 6.54 Å². The Hall–Kier alpha value is -1.29. The molecule has 0 unspecified atom stereocenters. The van der Waals surface area contributed by atoms with Gasteiger partial charge >= 0.3 is 0 Å². The minimum Gasteiger partial charge on any atom is -0.355 e. The topological polar surface area (TPSA) is 36.4 Å². The van der Waals surface area contributed by atoms with Crippen molar-refractivity contribution in [2.45, 2.75) is 6.54 Å². The highest BCUT2D eigenvalue weighted by molar-refractivity contribution is 6.30. The first kappa shape index (κ1) is 10.2. The highest BCUT2D eigenvalue weighted by Gasteiger charge is 2.05. The fraction of sp³-hybridized carbons (Fsp3) is 0.300. The smallest absolute Gasteiger partial charge is 0.191 e. The van der Waals surface area contributed by atoms with Crippen LogP contribution in [0.1, 0.15) is 5.56 Å². The zero-order valence-electron chi connectivity index (χ0n) is 8.06. The summed E-state index contributed by atoms with van der Waals surface area (Å²) in [6.07, 6.45) is 0. The van der Waals surface area contributed by atoms with Crippen LogP contribution in [-0.4, -0.2) is 19.0 Å². The predicted octanol–water partition coefficient (Wildman–Crippen LogP) is 1.53. The fourth-order valence-electron chi connectivity index (χ4n) is 1.35. The molecule has 0 aromatic heterocycles. The lowest BCUT2D eigenvalue weighted by Gasteiger charge is -2.06. The number of rotatable bonds is 2. The van der Waals surface area contributed by atoms with Gasteiger partial charge in [0.25, 0.3) is 0 Å². The standard InChI is InChI=1S/C10H11ClFN3/c11-8-2-1-7(5-9(8)12)6-15-10-13-3-4-14-10/h1-2,5H,3-4,6H2,(H2,13,14,15). The van der Waals surface area contributed by atoms with E-state index in [2.05, 4.69) is 15.6 Å². The van der Waals surface area contributed by atoms with Crippen LogP contribution < -0.4 is 10.6 Å². The van der Waals surface area contributed by atoms with Crippen LogP contribution in [0.25, 0.3) is 0 Å². The Balaban J connectivity index is 1.96. The lowest BCUT2D eigenvalue weighted by molar-refractivity contribution is 0.625. The Morgan fingerprint density at radius 3 is 3.07 bits per heavy atom. The third kappa shape index (κ3) is 2.59. The number of halogens is 2. The Bertz CT molecular complexity index is 392. The van der Waals surface area contributed by atoms with Crippen molar-refractivity contribution in [3.05, 3.63) is 34.6 Å². The number of hydrogen-bond acceptors (Lipinski definition) is 3. The third-order valence-electron chi connectivity index (χ3n) is 2.12. The molecule has 2 rings (SSSR count). The summed E-state index contributed by atoms with van der Waals surface area (Å²) in [5.41, 5.74) is 0.841. The van der Waals surface area contributed by atoms with E-state index in [0.717, 1.165) is 24.6 Å². The first-order valence-corrected chi connectivity index (χ1v) is 5.09. The molecule has 1 aromatic rings. The zero-order valence-corrected chi connectivity index (χ0v) is 8.81. The van der Waals surface area contributed by atoms with Gasteiger partial charge in [-0.15, -0.1) is 0 Å². The van der Waals surface area contributed by atoms with Gasteiger partial charge in [0, 0.05) is 13.1 Å². The summed E-state index contributed by atoms with van der Waals surface area (Å²) in [6.45, 7) is 2.19. The molecule has 0 saturated heterocycles. The van der Waals surface area contributed by atoms with Crippen LogP contribution in [0.5, 0.6) is 0 Å². The summed E-state index contributed by atoms with van der Waals surface area (Å²) in [7, 11) is 0. The zero-order chi connectivity index (χ0) is 10.7. The van der Waals surface area contributed by atoms with Gasteiger partial charge in [-0.1, -0.05) is 17.7 Å². The van der Waals surface area contributed by atoms with Crippen molar-refractivity contribution < 1.29 is 4.39 Å². The van der Waals surface area contributed by atoms with E-state index in [0.29, 0.717) is 6.54 Å². The van der Waals surface area contributed by atoms with Gasteiger partial charge in [0.2, 0.25) is 0 Å². The van der Waals surface area contributed by atoms with Crippen molar-refractivity contribution in [3.8, 4) is 0 Å². The van der Waals surface area contributed by atoms with Gasteiger partial charge in [-0.05, 0) is 17.7 Å². The van der Waals surface area contributed by atoms with Gasteiger partial charge in [-0.3, -0.25) is 4.99 Å². The first-order chi connectivity index (χ1) is 7.25. The van der Waals surface area contributed by atoms with E-state index >= 15 is 0 Å². The van der Waals surface area contributed by atoms with E-state index in [1.807, 2.05) is 0 Å². The quantitative estimate of drug-likeness (QED) is 0.804. The van der Waals surface area contributed by atoms with Crippen LogP contribution in [0.3, 0.4) is 0 Å². The number of guanidine groups is 1. The molecule has 1 aliphatic rings. The van der Waals surface area contributed by atoms with Gasteiger partial charge in [-0.25, -0.2) is 4.39 Å². The largest absolute Gasteiger partial charge is 0.355 e. The molecule has 0 bridgehead atoms. The second-order valence-corrected chi connectivity index (χ2v) is 3.67. The number of aliphatic imine (C=N–C) groups is 1. The maximum absolute atomic E-state index is 13.1. The first-order valence-electron chi connectivity index (χ1n) is 4.72. The number of hydrogen-bond donors (Lipinski definition) is 2. The molecule has 0 fully saturated rings. The molecule has 80 valence electrons. The van der Waals surface area contributed by atoms with Crippen LogP contribution in [0.2, 0.25) is 5.02 Å². The van der Waals surface area contributed by atoms with Crippen molar-refractivity contribution in [3.63, 3.8) is 0 Å². The van der Waals surface area contributed by atoms with Crippen LogP contribution in [0, 0.1) is 5.82 Å². The van der Waals surface area contributed by atoms with E-state index in [9.17, 15) is 4.39 Å². The Morgan fingerprint density at radius 2 is 2.40 bits per heavy atom. The average Bonchev–Trinajstić information content (AvgIpc) is 2.73. The minimum atomic E-state index is -0.391. The molecule has 0 spiro atoms. The molecule has 1 aromatic carbocycles. The molecule has 0 aliphatic carbocycles. The second-order valence-electron chi connectivity index (χ2n) is 3.26. The molecular weight excluding hydrogens is 217 g/mol. The minimum absolute atomic E-state index is 0.148. The average molecular weight is 228 g/mol. The van der Waals surface area contributed by atoms with Crippen LogP contribution in [0.4, 0.5) is 4.39 Å². The highest BCUT2D eigenvalue weighted by atomic mass is 35.5.